The first kappa shape index (κ1) is 12.6. The fourth-order valence-electron chi connectivity index (χ4n) is 1.64. The Morgan fingerprint density at radius 1 is 1.37 bits per heavy atom. The molecule has 5 heteroatoms. The number of benzene rings is 1. The number of nitriles is 1. The summed E-state index contributed by atoms with van der Waals surface area (Å²) in [4.78, 5) is 11.8. The number of amides is 1. The van der Waals surface area contributed by atoms with Gasteiger partial charge in [0.2, 0.25) is 12.7 Å². The number of hydrogen-bond acceptors (Lipinski definition) is 3. The Kier molecular flexibility index (Phi) is 3.74. The maximum Gasteiger partial charge on any atom is 0.290 e. The van der Waals surface area contributed by atoms with E-state index in [9.17, 15) is 9.90 Å². The second kappa shape index (κ2) is 5.65. The van der Waals surface area contributed by atoms with Crippen LogP contribution in [0.25, 0.3) is 0 Å². The number of hydrogen-bond donors (Lipinski definition) is 2. The van der Waals surface area contributed by atoms with Gasteiger partial charge in [0.25, 0.3) is 5.91 Å². The van der Waals surface area contributed by atoms with Crippen LogP contribution < -0.4 is 9.88 Å². The maximum atomic E-state index is 11.8. The molecule has 0 atom stereocenters. The Labute approximate surface area is 110 Å². The lowest BCUT2D eigenvalue weighted by atomic mass is 10.2. The van der Waals surface area contributed by atoms with Gasteiger partial charge in [-0.2, -0.15) is 9.83 Å². The summed E-state index contributed by atoms with van der Waals surface area (Å²) in [6.07, 6.45) is 3.15. The third-order valence-corrected chi connectivity index (χ3v) is 2.44. The summed E-state index contributed by atoms with van der Waals surface area (Å²) < 4.78 is 1.57. The Morgan fingerprint density at radius 3 is 2.95 bits per heavy atom. The summed E-state index contributed by atoms with van der Waals surface area (Å²) in [6, 6.07) is 11.9. The van der Waals surface area contributed by atoms with E-state index in [0.29, 0.717) is 11.3 Å². The molecule has 1 aromatic heterocycles. The van der Waals surface area contributed by atoms with Crippen LogP contribution >= 0.6 is 0 Å². The average molecular weight is 254 g/mol. The molecule has 0 fully saturated rings. The highest BCUT2D eigenvalue weighted by Crippen LogP contribution is 2.09. The number of carbonyl (C=O) groups excluding carboxylic acids is 1. The highest BCUT2D eigenvalue weighted by Gasteiger charge is 2.10. The van der Waals surface area contributed by atoms with Crippen LogP contribution in [0.4, 0.5) is 5.69 Å². The topological polar surface area (TPSA) is 77.0 Å². The number of nitrogens with one attached hydrogen (secondary N) is 1. The van der Waals surface area contributed by atoms with E-state index < -0.39 is 0 Å². The first-order chi connectivity index (χ1) is 9.17. The van der Waals surface area contributed by atoms with Gasteiger partial charge in [0.05, 0.1) is 11.6 Å². The van der Waals surface area contributed by atoms with Crippen molar-refractivity contribution in [3.05, 3.63) is 54.4 Å². The quantitative estimate of drug-likeness (QED) is 0.808. The summed E-state index contributed by atoms with van der Waals surface area (Å²) in [5.74, 6) is -0.132. The molecular formula is C14H12N3O2+. The number of rotatable bonds is 3. The highest BCUT2D eigenvalue weighted by molar-refractivity contribution is 5.89. The largest absolute Gasteiger partial charge is 0.503 e. The van der Waals surface area contributed by atoms with Gasteiger partial charge in [-0.1, -0.05) is 6.07 Å². The van der Waals surface area contributed by atoms with E-state index in [1.54, 1.807) is 41.1 Å². The monoisotopic (exact) mass is 254 g/mol. The number of aromatic nitrogens is 1. The van der Waals surface area contributed by atoms with Crippen LogP contribution in [-0.2, 0) is 11.3 Å². The lowest BCUT2D eigenvalue weighted by molar-refractivity contribution is -0.684. The fraction of sp³-hybridized carbons (Fsp3) is 0.0714. The molecule has 1 amide bonds. The van der Waals surface area contributed by atoms with Gasteiger partial charge < -0.3 is 10.4 Å². The molecule has 0 aliphatic carbocycles. The fourth-order valence-corrected chi connectivity index (χ4v) is 1.64. The van der Waals surface area contributed by atoms with E-state index in [2.05, 4.69) is 5.32 Å². The molecule has 2 aromatic rings. The zero-order chi connectivity index (χ0) is 13.7. The molecule has 0 spiro atoms. The van der Waals surface area contributed by atoms with Crippen molar-refractivity contribution in [1.82, 2.24) is 0 Å². The molecule has 0 unspecified atom stereocenters. The lowest BCUT2D eigenvalue weighted by Crippen LogP contribution is -2.39. The molecule has 5 nitrogen and oxygen atoms in total. The highest BCUT2D eigenvalue weighted by atomic mass is 16.3. The Morgan fingerprint density at radius 2 is 2.21 bits per heavy atom. The third kappa shape index (κ3) is 3.54. The summed E-state index contributed by atoms with van der Waals surface area (Å²) in [5.41, 5.74) is 1.06. The van der Waals surface area contributed by atoms with Crippen molar-refractivity contribution >= 4 is 11.6 Å². The van der Waals surface area contributed by atoms with Crippen molar-refractivity contribution in [2.45, 2.75) is 6.54 Å². The molecule has 19 heavy (non-hydrogen) atoms. The van der Waals surface area contributed by atoms with Gasteiger partial charge in [-0.25, -0.2) is 0 Å². The standard InChI is InChI=1S/C14H11N3O2/c15-8-11-3-1-4-12(7-11)16-14(19)10-17-6-2-5-13(18)9-17/h1-7,9H,10H2,(H-,16,18,19)/p+1. The molecule has 0 aliphatic rings. The summed E-state index contributed by atoms with van der Waals surface area (Å²) in [5, 5.41) is 20.8. The van der Waals surface area contributed by atoms with Crippen LogP contribution in [0, 0.1) is 11.3 Å². The van der Waals surface area contributed by atoms with Crippen molar-refractivity contribution < 1.29 is 14.5 Å². The first-order valence-electron chi connectivity index (χ1n) is 5.65. The summed E-state index contributed by atoms with van der Waals surface area (Å²) >= 11 is 0. The van der Waals surface area contributed by atoms with Crippen LogP contribution in [0.1, 0.15) is 5.56 Å². The van der Waals surface area contributed by atoms with E-state index in [1.807, 2.05) is 6.07 Å². The molecule has 0 radical (unpaired) electrons. The maximum absolute atomic E-state index is 11.8. The molecule has 1 aromatic carbocycles. The van der Waals surface area contributed by atoms with Crippen LogP contribution in [0.3, 0.4) is 0 Å². The normalized spacial score (nSPS) is 9.63. The summed E-state index contributed by atoms with van der Waals surface area (Å²) in [6.45, 7) is 0.0885. The number of anilines is 1. The van der Waals surface area contributed by atoms with Gasteiger partial charge in [-0.05, 0) is 24.3 Å². The molecule has 2 N–H and O–H groups in total. The molecule has 0 saturated carbocycles. The van der Waals surface area contributed by atoms with Crippen LogP contribution in [-0.4, -0.2) is 11.0 Å². The zero-order valence-electron chi connectivity index (χ0n) is 10.1. The first-order valence-corrected chi connectivity index (χ1v) is 5.65. The number of pyridine rings is 1. The van der Waals surface area contributed by atoms with Crippen molar-refractivity contribution in [3.63, 3.8) is 0 Å². The molecule has 94 valence electrons. The van der Waals surface area contributed by atoms with E-state index in [0.717, 1.165) is 0 Å². The minimum absolute atomic E-state index is 0.0885. The second-order valence-corrected chi connectivity index (χ2v) is 3.98. The molecular weight excluding hydrogens is 242 g/mol. The SMILES string of the molecule is N#Cc1cccc(NC(=O)C[n+]2cccc(O)c2)c1. The van der Waals surface area contributed by atoms with Gasteiger partial charge in [0.1, 0.15) is 0 Å². The molecule has 2 rings (SSSR count). The van der Waals surface area contributed by atoms with Crippen molar-refractivity contribution in [1.29, 1.82) is 5.26 Å². The molecule has 0 aliphatic heterocycles. The smallest absolute Gasteiger partial charge is 0.290 e. The van der Waals surface area contributed by atoms with Crippen molar-refractivity contribution in [3.8, 4) is 11.8 Å². The van der Waals surface area contributed by atoms with Gasteiger partial charge >= 0.3 is 0 Å². The van der Waals surface area contributed by atoms with Gasteiger partial charge in [-0.3, -0.25) is 4.79 Å². The van der Waals surface area contributed by atoms with E-state index in [-0.39, 0.29) is 18.2 Å². The van der Waals surface area contributed by atoms with Crippen LogP contribution in [0.2, 0.25) is 0 Å². The van der Waals surface area contributed by atoms with Crippen LogP contribution in [0.5, 0.6) is 5.75 Å². The number of carbonyl (C=O) groups is 1. The summed E-state index contributed by atoms with van der Waals surface area (Å²) in [7, 11) is 0. The van der Waals surface area contributed by atoms with E-state index in [4.69, 9.17) is 5.26 Å². The number of aromatic hydroxyl groups is 1. The third-order valence-electron chi connectivity index (χ3n) is 2.44. The average Bonchev–Trinajstić information content (AvgIpc) is 2.38. The van der Waals surface area contributed by atoms with E-state index in [1.165, 1.54) is 12.3 Å². The predicted octanol–water partition coefficient (Wildman–Crippen LogP) is 1.19. The molecule has 0 saturated heterocycles. The predicted molar refractivity (Wildman–Crippen MR) is 68.1 cm³/mol. The minimum atomic E-state index is -0.231. The molecule has 1 heterocycles. The van der Waals surface area contributed by atoms with E-state index >= 15 is 0 Å². The van der Waals surface area contributed by atoms with Crippen LogP contribution in [0.15, 0.2) is 48.8 Å². The van der Waals surface area contributed by atoms with Gasteiger partial charge in [-0.15, -0.1) is 0 Å². The second-order valence-electron chi connectivity index (χ2n) is 3.98. The lowest BCUT2D eigenvalue weighted by Gasteiger charge is -2.03. The molecule has 0 bridgehead atoms. The Hall–Kier alpha value is -2.87. The Balaban J connectivity index is 2.03. The minimum Gasteiger partial charge on any atom is -0.503 e. The van der Waals surface area contributed by atoms with Crippen molar-refractivity contribution in [2.75, 3.05) is 5.32 Å². The van der Waals surface area contributed by atoms with Gasteiger partial charge in [0.15, 0.2) is 11.9 Å². The number of nitrogens with zero attached hydrogens (tertiary/aromatic N) is 2. The zero-order valence-corrected chi connectivity index (χ0v) is 10.1. The Bertz CT molecular complexity index is 647. The van der Waals surface area contributed by atoms with Crippen molar-refractivity contribution in [2.24, 2.45) is 0 Å². The van der Waals surface area contributed by atoms with Gasteiger partial charge in [0, 0.05) is 11.8 Å².